The molecule has 0 bridgehead atoms. The second-order valence-electron chi connectivity index (χ2n) is 6.63. The molecule has 1 aromatic carbocycles. The van der Waals surface area contributed by atoms with E-state index in [1.165, 1.54) is 5.69 Å². The molecule has 1 atom stereocenters. The number of carbonyl (C=O) groups excluding carboxylic acids is 1. The van der Waals surface area contributed by atoms with Gasteiger partial charge in [0.2, 0.25) is 5.91 Å². The molecule has 0 unspecified atom stereocenters. The van der Waals surface area contributed by atoms with Crippen LogP contribution in [0.5, 0.6) is 0 Å². The van der Waals surface area contributed by atoms with Gasteiger partial charge in [0.05, 0.1) is 12.0 Å². The number of aliphatic hydroxyl groups excluding tert-OH is 1. The first-order valence-corrected chi connectivity index (χ1v) is 8.51. The molecular weight excluding hydrogens is 276 g/mol. The van der Waals surface area contributed by atoms with Crippen LogP contribution in [-0.2, 0) is 4.79 Å². The van der Waals surface area contributed by atoms with E-state index < -0.39 is 0 Å². The van der Waals surface area contributed by atoms with E-state index in [0.29, 0.717) is 0 Å². The third-order valence-corrected chi connectivity index (χ3v) is 4.96. The zero-order valence-electron chi connectivity index (χ0n) is 13.1. The quantitative estimate of drug-likeness (QED) is 0.901. The number of aliphatic hydroxyl groups is 1. The van der Waals surface area contributed by atoms with E-state index in [4.69, 9.17) is 0 Å². The van der Waals surface area contributed by atoms with E-state index in [1.54, 1.807) is 0 Å². The fourth-order valence-corrected chi connectivity index (χ4v) is 3.60. The number of para-hydroxylation sites is 1. The highest BCUT2D eigenvalue weighted by Gasteiger charge is 2.28. The summed E-state index contributed by atoms with van der Waals surface area (Å²) < 4.78 is 0. The summed E-state index contributed by atoms with van der Waals surface area (Å²) in [6.45, 7) is 1.84. The highest BCUT2D eigenvalue weighted by Crippen LogP contribution is 2.24. The van der Waals surface area contributed by atoms with Crippen molar-refractivity contribution in [3.05, 3.63) is 30.3 Å². The van der Waals surface area contributed by atoms with Crippen molar-refractivity contribution in [3.8, 4) is 0 Å². The van der Waals surface area contributed by atoms with Gasteiger partial charge in [-0.15, -0.1) is 0 Å². The summed E-state index contributed by atoms with van der Waals surface area (Å²) in [5, 5.41) is 12.8. The summed E-state index contributed by atoms with van der Waals surface area (Å²) in [6, 6.07) is 10.6. The van der Waals surface area contributed by atoms with Crippen molar-refractivity contribution in [1.29, 1.82) is 0 Å². The lowest BCUT2D eigenvalue weighted by atomic mass is 9.91. The summed E-state index contributed by atoms with van der Waals surface area (Å²) in [7, 11) is 0. The van der Waals surface area contributed by atoms with Gasteiger partial charge in [0.25, 0.3) is 0 Å². The van der Waals surface area contributed by atoms with Crippen LogP contribution in [0, 0.1) is 5.92 Å². The van der Waals surface area contributed by atoms with E-state index >= 15 is 0 Å². The lowest BCUT2D eigenvalue weighted by Crippen LogP contribution is -2.47. The average molecular weight is 302 g/mol. The number of piperidine rings is 1. The number of hydrogen-bond acceptors (Lipinski definition) is 3. The minimum absolute atomic E-state index is 0.0841. The molecule has 120 valence electrons. The molecule has 1 amide bonds. The van der Waals surface area contributed by atoms with E-state index in [9.17, 15) is 9.90 Å². The number of benzene rings is 1. The predicted octanol–water partition coefficient (Wildman–Crippen LogP) is 2.32. The second kappa shape index (κ2) is 7.14. The Morgan fingerprint density at radius 3 is 2.55 bits per heavy atom. The monoisotopic (exact) mass is 302 g/mol. The van der Waals surface area contributed by atoms with Crippen molar-refractivity contribution in [3.63, 3.8) is 0 Å². The highest BCUT2D eigenvalue weighted by molar-refractivity contribution is 5.80. The molecule has 1 aromatic rings. The van der Waals surface area contributed by atoms with Gasteiger partial charge in [-0.2, -0.15) is 0 Å². The van der Waals surface area contributed by atoms with Crippen LogP contribution in [0.4, 0.5) is 5.69 Å². The van der Waals surface area contributed by atoms with Gasteiger partial charge in [-0.1, -0.05) is 18.2 Å². The zero-order chi connectivity index (χ0) is 15.4. The minimum Gasteiger partial charge on any atom is -0.393 e. The maximum atomic E-state index is 12.5. The van der Waals surface area contributed by atoms with Gasteiger partial charge in [0.1, 0.15) is 0 Å². The van der Waals surface area contributed by atoms with Crippen LogP contribution in [0.2, 0.25) is 0 Å². The molecule has 2 N–H and O–H groups in total. The molecule has 4 nitrogen and oxygen atoms in total. The number of hydrogen-bond donors (Lipinski definition) is 2. The zero-order valence-corrected chi connectivity index (χ0v) is 13.1. The van der Waals surface area contributed by atoms with Crippen LogP contribution in [0.3, 0.4) is 0 Å². The highest BCUT2D eigenvalue weighted by atomic mass is 16.3. The summed E-state index contributed by atoms with van der Waals surface area (Å²) in [5.41, 5.74) is 1.21. The Hall–Kier alpha value is -1.55. The van der Waals surface area contributed by atoms with Crippen molar-refractivity contribution < 1.29 is 9.90 Å². The fraction of sp³-hybridized carbons (Fsp3) is 0.611. The first-order valence-electron chi connectivity index (χ1n) is 8.51. The predicted molar refractivity (Wildman–Crippen MR) is 87.8 cm³/mol. The molecule has 3 rings (SSSR count). The maximum Gasteiger partial charge on any atom is 0.225 e. The molecule has 1 heterocycles. The SMILES string of the molecule is O=C(NC1CCC(O)CC1)[C@H]1CCCN(c2ccccc2)C1. The van der Waals surface area contributed by atoms with Crippen LogP contribution < -0.4 is 10.2 Å². The van der Waals surface area contributed by atoms with Crippen LogP contribution in [0.15, 0.2) is 30.3 Å². The first-order chi connectivity index (χ1) is 10.7. The van der Waals surface area contributed by atoms with Gasteiger partial charge in [0.15, 0.2) is 0 Å². The van der Waals surface area contributed by atoms with Crippen molar-refractivity contribution >= 4 is 11.6 Å². The normalized spacial score (nSPS) is 29.1. The first kappa shape index (κ1) is 15.3. The summed E-state index contributed by atoms with van der Waals surface area (Å²) in [5.74, 6) is 0.280. The third kappa shape index (κ3) is 3.80. The van der Waals surface area contributed by atoms with Gasteiger partial charge in [0, 0.05) is 24.8 Å². The van der Waals surface area contributed by atoms with Gasteiger partial charge in [-0.25, -0.2) is 0 Å². The Bertz CT molecular complexity index is 483. The summed E-state index contributed by atoms with van der Waals surface area (Å²) in [6.07, 6.45) is 5.30. The van der Waals surface area contributed by atoms with Gasteiger partial charge >= 0.3 is 0 Å². The Labute approximate surface area is 132 Å². The van der Waals surface area contributed by atoms with Crippen LogP contribution in [-0.4, -0.2) is 36.2 Å². The smallest absolute Gasteiger partial charge is 0.225 e. The van der Waals surface area contributed by atoms with Crippen LogP contribution in [0.25, 0.3) is 0 Å². The van der Waals surface area contributed by atoms with Crippen molar-refractivity contribution in [2.75, 3.05) is 18.0 Å². The molecule has 0 spiro atoms. The number of amides is 1. The molecule has 2 fully saturated rings. The van der Waals surface area contributed by atoms with Gasteiger partial charge in [-0.3, -0.25) is 4.79 Å². The molecule has 1 saturated heterocycles. The topological polar surface area (TPSA) is 52.6 Å². The number of nitrogens with one attached hydrogen (secondary N) is 1. The number of nitrogens with zero attached hydrogens (tertiary/aromatic N) is 1. The third-order valence-electron chi connectivity index (χ3n) is 4.96. The molecule has 0 radical (unpaired) electrons. The number of carbonyl (C=O) groups is 1. The Morgan fingerprint density at radius 2 is 1.82 bits per heavy atom. The molecule has 0 aromatic heterocycles. The van der Waals surface area contributed by atoms with E-state index in [-0.39, 0.29) is 24.0 Å². The fourth-order valence-electron chi connectivity index (χ4n) is 3.60. The average Bonchev–Trinajstić information content (AvgIpc) is 2.58. The molecular formula is C18H26N2O2. The summed E-state index contributed by atoms with van der Waals surface area (Å²) in [4.78, 5) is 14.8. The van der Waals surface area contributed by atoms with Crippen LogP contribution in [0.1, 0.15) is 38.5 Å². The van der Waals surface area contributed by atoms with E-state index in [2.05, 4.69) is 22.3 Å². The van der Waals surface area contributed by atoms with Gasteiger partial charge in [-0.05, 0) is 50.7 Å². The Kier molecular flexibility index (Phi) is 4.98. The Balaban J connectivity index is 1.54. The van der Waals surface area contributed by atoms with E-state index in [1.807, 2.05) is 18.2 Å². The summed E-state index contributed by atoms with van der Waals surface area (Å²) >= 11 is 0. The lowest BCUT2D eigenvalue weighted by Gasteiger charge is -2.35. The van der Waals surface area contributed by atoms with Crippen molar-refractivity contribution in [2.24, 2.45) is 5.92 Å². The van der Waals surface area contributed by atoms with Crippen LogP contribution >= 0.6 is 0 Å². The minimum atomic E-state index is -0.170. The van der Waals surface area contributed by atoms with E-state index in [0.717, 1.165) is 51.6 Å². The maximum absolute atomic E-state index is 12.5. The van der Waals surface area contributed by atoms with Crippen molar-refractivity contribution in [1.82, 2.24) is 5.32 Å². The standard InChI is InChI=1S/C18H26N2O2/c21-17-10-8-15(9-11-17)19-18(22)14-5-4-12-20(13-14)16-6-2-1-3-7-16/h1-3,6-7,14-15,17,21H,4-5,8-13H2,(H,19,22)/t14-,15?,17?/m0/s1. The van der Waals surface area contributed by atoms with Gasteiger partial charge < -0.3 is 15.3 Å². The molecule has 4 heteroatoms. The number of rotatable bonds is 3. The largest absolute Gasteiger partial charge is 0.393 e. The molecule has 1 aliphatic heterocycles. The number of anilines is 1. The lowest BCUT2D eigenvalue weighted by molar-refractivity contribution is -0.126. The molecule has 2 aliphatic rings. The second-order valence-corrected chi connectivity index (χ2v) is 6.63. The Morgan fingerprint density at radius 1 is 1.09 bits per heavy atom. The molecule has 1 saturated carbocycles. The molecule has 22 heavy (non-hydrogen) atoms. The van der Waals surface area contributed by atoms with Crippen molar-refractivity contribution in [2.45, 2.75) is 50.7 Å². The molecule has 1 aliphatic carbocycles.